The van der Waals surface area contributed by atoms with Crippen molar-refractivity contribution in [3.05, 3.63) is 35.9 Å². The minimum absolute atomic E-state index is 0.397. The Hall–Kier alpha value is -1.55. The zero-order valence-corrected chi connectivity index (χ0v) is 14.8. The first-order chi connectivity index (χ1) is 10.5. The Balaban J connectivity index is 2.27. The van der Waals surface area contributed by atoms with Gasteiger partial charge in [-0.2, -0.15) is 0 Å². The van der Waals surface area contributed by atoms with Crippen LogP contribution in [0.25, 0.3) is 0 Å². The van der Waals surface area contributed by atoms with Crippen LogP contribution in [0, 0.1) is 0 Å². The molecule has 0 aliphatic rings. The molecule has 4 nitrogen and oxygen atoms in total. The van der Waals surface area contributed by atoms with E-state index in [-0.39, 0.29) is 0 Å². The molecule has 0 spiro atoms. The highest BCUT2D eigenvalue weighted by molar-refractivity contribution is 5.79. The quantitative estimate of drug-likeness (QED) is 0.573. The number of likely N-dealkylation sites (N-methyl/N-ethyl adjacent to an activating group) is 1. The molecule has 0 saturated carbocycles. The van der Waals surface area contributed by atoms with Crippen LogP contribution in [0.1, 0.15) is 32.8 Å². The number of nitrogens with one attached hydrogen (secondary N) is 2. The lowest BCUT2D eigenvalue weighted by atomic mass is 10.1. The number of aliphatic imine (C=N–C) groups is 1. The van der Waals surface area contributed by atoms with Crippen LogP contribution in [0.5, 0.6) is 0 Å². The predicted molar refractivity (Wildman–Crippen MR) is 96.5 cm³/mol. The van der Waals surface area contributed by atoms with E-state index in [9.17, 15) is 0 Å². The predicted octanol–water partition coefficient (Wildman–Crippen LogP) is 2.51. The number of rotatable bonds is 8. The van der Waals surface area contributed by atoms with Crippen LogP contribution in [0.2, 0.25) is 0 Å². The van der Waals surface area contributed by atoms with Crippen molar-refractivity contribution in [3.8, 4) is 0 Å². The third-order valence-electron chi connectivity index (χ3n) is 3.95. The van der Waals surface area contributed by atoms with Crippen LogP contribution < -0.4 is 10.6 Å². The maximum absolute atomic E-state index is 4.30. The minimum Gasteiger partial charge on any atom is -0.355 e. The van der Waals surface area contributed by atoms with Crippen molar-refractivity contribution in [1.29, 1.82) is 0 Å². The summed E-state index contributed by atoms with van der Waals surface area (Å²) < 4.78 is 0. The van der Waals surface area contributed by atoms with Crippen LogP contribution in [0.3, 0.4) is 0 Å². The molecule has 0 saturated heterocycles. The molecule has 0 fully saturated rings. The normalized spacial score (nSPS) is 13.5. The van der Waals surface area contributed by atoms with Gasteiger partial charge >= 0.3 is 0 Å². The standard InChI is InChI=1S/C18H32N4/c1-15(2)22(5)14-13-20-18(19-4)21-16(3)11-12-17-9-7-6-8-10-17/h6-10,15-16H,11-14H2,1-5H3,(H2,19,20,21). The molecule has 0 bridgehead atoms. The van der Waals surface area contributed by atoms with E-state index in [1.807, 2.05) is 7.05 Å². The third-order valence-corrected chi connectivity index (χ3v) is 3.95. The summed E-state index contributed by atoms with van der Waals surface area (Å²) in [4.78, 5) is 6.62. The lowest BCUT2D eigenvalue weighted by molar-refractivity contribution is 0.278. The minimum atomic E-state index is 0.397. The molecule has 1 aromatic carbocycles. The molecule has 1 atom stereocenters. The molecule has 0 heterocycles. The highest BCUT2D eigenvalue weighted by Crippen LogP contribution is 2.04. The van der Waals surface area contributed by atoms with Gasteiger partial charge in [0.15, 0.2) is 5.96 Å². The smallest absolute Gasteiger partial charge is 0.191 e. The lowest BCUT2D eigenvalue weighted by Crippen LogP contribution is -2.45. The Morgan fingerprint density at radius 1 is 1.18 bits per heavy atom. The summed E-state index contributed by atoms with van der Waals surface area (Å²) in [6.07, 6.45) is 2.18. The first kappa shape index (κ1) is 18.5. The van der Waals surface area contributed by atoms with E-state index in [2.05, 4.69) is 78.7 Å². The summed E-state index contributed by atoms with van der Waals surface area (Å²) in [5, 5.41) is 6.84. The van der Waals surface area contributed by atoms with Gasteiger partial charge in [-0.15, -0.1) is 0 Å². The zero-order valence-electron chi connectivity index (χ0n) is 14.8. The summed E-state index contributed by atoms with van der Waals surface area (Å²) in [6, 6.07) is 11.6. The van der Waals surface area contributed by atoms with Crippen LogP contribution >= 0.6 is 0 Å². The highest BCUT2D eigenvalue weighted by Gasteiger charge is 2.07. The largest absolute Gasteiger partial charge is 0.355 e. The molecule has 0 radical (unpaired) electrons. The van der Waals surface area contributed by atoms with Crippen LogP contribution in [0.15, 0.2) is 35.3 Å². The molecule has 1 unspecified atom stereocenters. The maximum atomic E-state index is 4.30. The molecular formula is C18H32N4. The molecule has 1 aromatic rings. The van der Waals surface area contributed by atoms with E-state index in [4.69, 9.17) is 0 Å². The third kappa shape index (κ3) is 7.46. The van der Waals surface area contributed by atoms with Crippen molar-refractivity contribution < 1.29 is 0 Å². The molecule has 0 aliphatic heterocycles. The summed E-state index contributed by atoms with van der Waals surface area (Å²) in [6.45, 7) is 8.53. The Labute approximate surface area is 136 Å². The Morgan fingerprint density at radius 2 is 1.86 bits per heavy atom. The number of benzene rings is 1. The van der Waals surface area contributed by atoms with Crippen molar-refractivity contribution in [1.82, 2.24) is 15.5 Å². The van der Waals surface area contributed by atoms with Gasteiger partial charge in [-0.25, -0.2) is 0 Å². The fraction of sp³-hybridized carbons (Fsp3) is 0.611. The first-order valence-electron chi connectivity index (χ1n) is 8.24. The summed E-state index contributed by atoms with van der Waals surface area (Å²) in [5.74, 6) is 0.887. The molecule has 22 heavy (non-hydrogen) atoms. The SMILES string of the molecule is CN=C(NCCN(C)C(C)C)NC(C)CCc1ccccc1. The average Bonchev–Trinajstić information content (AvgIpc) is 2.52. The van der Waals surface area contributed by atoms with Crippen LogP contribution in [0.4, 0.5) is 0 Å². The van der Waals surface area contributed by atoms with Gasteiger partial charge in [-0.3, -0.25) is 4.99 Å². The number of nitrogens with zero attached hydrogens (tertiary/aromatic N) is 2. The van der Waals surface area contributed by atoms with Gasteiger partial charge in [0, 0.05) is 32.2 Å². The molecule has 0 amide bonds. The van der Waals surface area contributed by atoms with Crippen LogP contribution in [-0.4, -0.2) is 50.1 Å². The Morgan fingerprint density at radius 3 is 2.45 bits per heavy atom. The second kappa shape index (κ2) is 10.2. The fourth-order valence-electron chi connectivity index (χ4n) is 2.14. The van der Waals surface area contributed by atoms with Gasteiger partial charge in [-0.05, 0) is 46.2 Å². The molecular weight excluding hydrogens is 272 g/mol. The summed E-state index contributed by atoms with van der Waals surface area (Å²) in [5.41, 5.74) is 1.39. The lowest BCUT2D eigenvalue weighted by Gasteiger charge is -2.23. The van der Waals surface area contributed by atoms with Crippen molar-refractivity contribution in [2.45, 2.75) is 45.7 Å². The molecule has 124 valence electrons. The fourth-order valence-corrected chi connectivity index (χ4v) is 2.14. The van der Waals surface area contributed by atoms with E-state index in [1.54, 1.807) is 0 Å². The van der Waals surface area contributed by atoms with Gasteiger partial charge in [0.25, 0.3) is 0 Å². The number of aryl methyl sites for hydroxylation is 1. The van der Waals surface area contributed by atoms with Gasteiger partial charge in [0.1, 0.15) is 0 Å². The second-order valence-electron chi connectivity index (χ2n) is 6.14. The molecule has 2 N–H and O–H groups in total. The van der Waals surface area contributed by atoms with Gasteiger partial charge in [0.05, 0.1) is 0 Å². The van der Waals surface area contributed by atoms with Crippen molar-refractivity contribution in [2.24, 2.45) is 4.99 Å². The average molecular weight is 304 g/mol. The van der Waals surface area contributed by atoms with E-state index >= 15 is 0 Å². The van der Waals surface area contributed by atoms with Crippen molar-refractivity contribution in [2.75, 3.05) is 27.2 Å². The van der Waals surface area contributed by atoms with E-state index in [0.717, 1.165) is 31.9 Å². The van der Waals surface area contributed by atoms with Gasteiger partial charge in [-0.1, -0.05) is 30.3 Å². The maximum Gasteiger partial charge on any atom is 0.191 e. The van der Waals surface area contributed by atoms with Gasteiger partial charge < -0.3 is 15.5 Å². The topological polar surface area (TPSA) is 39.7 Å². The molecule has 0 aromatic heterocycles. The Bertz CT molecular complexity index is 428. The van der Waals surface area contributed by atoms with E-state index in [0.29, 0.717) is 12.1 Å². The Kier molecular flexibility index (Phi) is 8.60. The number of guanidine groups is 1. The monoisotopic (exact) mass is 304 g/mol. The summed E-state index contributed by atoms with van der Waals surface area (Å²) >= 11 is 0. The van der Waals surface area contributed by atoms with Crippen molar-refractivity contribution >= 4 is 5.96 Å². The first-order valence-corrected chi connectivity index (χ1v) is 8.24. The van der Waals surface area contributed by atoms with Gasteiger partial charge in [0.2, 0.25) is 0 Å². The van der Waals surface area contributed by atoms with E-state index < -0.39 is 0 Å². The van der Waals surface area contributed by atoms with E-state index in [1.165, 1.54) is 5.56 Å². The molecule has 4 heteroatoms. The second-order valence-corrected chi connectivity index (χ2v) is 6.14. The van der Waals surface area contributed by atoms with Crippen LogP contribution in [-0.2, 0) is 6.42 Å². The highest BCUT2D eigenvalue weighted by atomic mass is 15.2. The molecule has 1 rings (SSSR count). The number of hydrogen-bond donors (Lipinski definition) is 2. The molecule has 0 aliphatic carbocycles. The zero-order chi connectivity index (χ0) is 16.4. The summed E-state index contributed by atoms with van der Waals surface area (Å²) in [7, 11) is 3.97. The van der Waals surface area contributed by atoms with Crippen molar-refractivity contribution in [3.63, 3.8) is 0 Å². The number of hydrogen-bond acceptors (Lipinski definition) is 2.